The van der Waals surface area contributed by atoms with Crippen LogP contribution in [0.4, 0.5) is 0 Å². The fourth-order valence-corrected chi connectivity index (χ4v) is 5.43. The lowest BCUT2D eigenvalue weighted by Gasteiger charge is -2.31. The molecule has 30 heavy (non-hydrogen) atoms. The van der Waals surface area contributed by atoms with E-state index in [9.17, 15) is 0 Å². The van der Waals surface area contributed by atoms with Crippen molar-refractivity contribution in [2.75, 3.05) is 7.11 Å². The highest BCUT2D eigenvalue weighted by molar-refractivity contribution is 5.40. The number of benzene rings is 1. The predicted octanol–water partition coefficient (Wildman–Crippen LogP) is 8.19. The molecule has 0 aliphatic heterocycles. The van der Waals surface area contributed by atoms with Gasteiger partial charge in [-0.1, -0.05) is 82.6 Å². The monoisotopic (exact) mass is 406 g/mol. The Morgan fingerprint density at radius 1 is 0.833 bits per heavy atom. The number of hydrogen-bond acceptors (Lipinski definition) is 1. The van der Waals surface area contributed by atoms with E-state index in [1.54, 1.807) is 7.11 Å². The zero-order chi connectivity index (χ0) is 21.0. The summed E-state index contributed by atoms with van der Waals surface area (Å²) in [6.45, 7) is 2.33. The van der Waals surface area contributed by atoms with Gasteiger partial charge in [0.25, 0.3) is 0 Å². The van der Waals surface area contributed by atoms with E-state index in [0.717, 1.165) is 35.0 Å². The van der Waals surface area contributed by atoms with E-state index in [1.807, 2.05) is 24.3 Å². The summed E-state index contributed by atoms with van der Waals surface area (Å²) >= 11 is 0. The van der Waals surface area contributed by atoms with Crippen LogP contribution in [0.25, 0.3) is 0 Å². The molecule has 1 heteroatoms. The van der Waals surface area contributed by atoms with Crippen LogP contribution in [0.2, 0.25) is 0 Å². The third-order valence-corrected chi connectivity index (χ3v) is 7.57. The maximum Gasteiger partial charge on any atom is 0.118 e. The number of ether oxygens (including phenoxy) is 1. The average molecular weight is 407 g/mol. The van der Waals surface area contributed by atoms with Gasteiger partial charge in [0.05, 0.1) is 7.11 Å². The fourth-order valence-electron chi connectivity index (χ4n) is 5.43. The van der Waals surface area contributed by atoms with Crippen molar-refractivity contribution in [1.82, 2.24) is 0 Å². The van der Waals surface area contributed by atoms with Crippen LogP contribution in [-0.4, -0.2) is 7.11 Å². The summed E-state index contributed by atoms with van der Waals surface area (Å²) in [4.78, 5) is 0. The van der Waals surface area contributed by atoms with Crippen molar-refractivity contribution in [2.45, 2.75) is 90.4 Å². The molecule has 0 spiro atoms. The van der Waals surface area contributed by atoms with Crippen molar-refractivity contribution in [2.24, 2.45) is 23.7 Å². The molecular formula is C29H42O. The van der Waals surface area contributed by atoms with Crippen LogP contribution < -0.4 is 4.74 Å². The van der Waals surface area contributed by atoms with Crippen LogP contribution in [0.15, 0.2) is 36.4 Å². The largest absolute Gasteiger partial charge is 0.497 e. The molecule has 0 atom stereocenters. The van der Waals surface area contributed by atoms with Gasteiger partial charge in [-0.25, -0.2) is 0 Å². The molecule has 0 heterocycles. The Balaban J connectivity index is 1.29. The molecule has 2 fully saturated rings. The Bertz CT molecular complexity index is 673. The molecule has 0 N–H and O–H groups in total. The summed E-state index contributed by atoms with van der Waals surface area (Å²) in [5.74, 6) is 11.1. The molecule has 1 nitrogen and oxygen atoms in total. The Labute approximate surface area is 185 Å². The van der Waals surface area contributed by atoms with Crippen molar-refractivity contribution in [3.63, 3.8) is 0 Å². The first kappa shape index (κ1) is 23.0. The lowest BCUT2D eigenvalue weighted by Crippen LogP contribution is -2.17. The van der Waals surface area contributed by atoms with E-state index in [2.05, 4.69) is 30.9 Å². The molecular weight excluding hydrogens is 364 g/mol. The molecule has 3 rings (SSSR count). The summed E-state index contributed by atoms with van der Waals surface area (Å²) in [6.07, 6.45) is 23.3. The summed E-state index contributed by atoms with van der Waals surface area (Å²) in [5, 5.41) is 0. The highest BCUT2D eigenvalue weighted by atomic mass is 16.5. The summed E-state index contributed by atoms with van der Waals surface area (Å²) in [5.41, 5.74) is 1.04. The number of hydrogen-bond donors (Lipinski definition) is 0. The van der Waals surface area contributed by atoms with Crippen molar-refractivity contribution >= 4 is 0 Å². The van der Waals surface area contributed by atoms with Crippen LogP contribution in [0.5, 0.6) is 5.75 Å². The lowest BCUT2D eigenvalue weighted by atomic mass is 9.75. The number of methoxy groups -OCH3 is 1. The molecule has 0 radical (unpaired) electrons. The molecule has 2 aliphatic rings. The smallest absolute Gasteiger partial charge is 0.118 e. The van der Waals surface area contributed by atoms with Crippen molar-refractivity contribution in [3.05, 3.63) is 42.0 Å². The first-order valence-electron chi connectivity index (χ1n) is 12.6. The van der Waals surface area contributed by atoms with Crippen molar-refractivity contribution in [3.8, 4) is 17.6 Å². The van der Waals surface area contributed by atoms with Crippen LogP contribution in [0.1, 0.15) is 96.0 Å². The lowest BCUT2D eigenvalue weighted by molar-refractivity contribution is 0.220. The van der Waals surface area contributed by atoms with E-state index in [-0.39, 0.29) is 0 Å². The number of allylic oxidation sites excluding steroid dienone is 2. The number of unbranched alkanes of at least 4 members (excludes halogenated alkanes) is 1. The van der Waals surface area contributed by atoms with Gasteiger partial charge in [-0.2, -0.15) is 0 Å². The highest BCUT2D eigenvalue weighted by Crippen LogP contribution is 2.37. The third-order valence-electron chi connectivity index (χ3n) is 7.57. The molecule has 0 aromatic heterocycles. The molecule has 2 aliphatic carbocycles. The van der Waals surface area contributed by atoms with Gasteiger partial charge in [0.1, 0.15) is 5.75 Å². The summed E-state index contributed by atoms with van der Waals surface area (Å²) in [6, 6.07) is 7.96. The molecule has 164 valence electrons. The van der Waals surface area contributed by atoms with E-state index in [1.165, 1.54) is 83.5 Å². The zero-order valence-corrected chi connectivity index (χ0v) is 19.4. The van der Waals surface area contributed by atoms with Crippen molar-refractivity contribution < 1.29 is 4.74 Å². The maximum atomic E-state index is 5.19. The van der Waals surface area contributed by atoms with Gasteiger partial charge in [-0.15, -0.1) is 0 Å². The second kappa shape index (κ2) is 12.9. The van der Waals surface area contributed by atoms with Crippen molar-refractivity contribution in [1.29, 1.82) is 0 Å². The van der Waals surface area contributed by atoms with E-state index >= 15 is 0 Å². The second-order valence-corrected chi connectivity index (χ2v) is 9.74. The molecule has 0 bridgehead atoms. The van der Waals surface area contributed by atoms with Gasteiger partial charge in [-0.3, -0.25) is 0 Å². The Morgan fingerprint density at radius 3 is 1.97 bits per heavy atom. The molecule has 1 aromatic carbocycles. The van der Waals surface area contributed by atoms with Gasteiger partial charge < -0.3 is 4.74 Å². The second-order valence-electron chi connectivity index (χ2n) is 9.74. The molecule has 2 saturated carbocycles. The van der Waals surface area contributed by atoms with Crippen LogP contribution in [0, 0.1) is 35.5 Å². The van der Waals surface area contributed by atoms with Gasteiger partial charge in [0.2, 0.25) is 0 Å². The minimum Gasteiger partial charge on any atom is -0.497 e. The van der Waals surface area contributed by atoms with Crippen LogP contribution in [-0.2, 0) is 0 Å². The van der Waals surface area contributed by atoms with Crippen LogP contribution >= 0.6 is 0 Å². The minimum atomic E-state index is 0.737. The average Bonchev–Trinajstić information content (AvgIpc) is 2.81. The molecule has 0 unspecified atom stereocenters. The predicted molar refractivity (Wildman–Crippen MR) is 129 cm³/mol. The Kier molecular flexibility index (Phi) is 9.88. The van der Waals surface area contributed by atoms with Gasteiger partial charge in [-0.05, 0) is 79.7 Å². The highest BCUT2D eigenvalue weighted by Gasteiger charge is 2.23. The molecule has 1 aromatic rings. The van der Waals surface area contributed by atoms with Crippen LogP contribution in [0.3, 0.4) is 0 Å². The minimum absolute atomic E-state index is 0.737. The maximum absolute atomic E-state index is 5.19. The summed E-state index contributed by atoms with van der Waals surface area (Å²) in [7, 11) is 1.69. The van der Waals surface area contributed by atoms with E-state index in [0.29, 0.717) is 0 Å². The SMILES string of the molecule is CCCCC1CCC(CCC2CCC(C=CC#Cc3ccc(OC)cc3)CC2)CC1. The fraction of sp³-hybridized carbons (Fsp3) is 0.655. The Morgan fingerprint density at radius 2 is 1.40 bits per heavy atom. The third kappa shape index (κ3) is 7.86. The first-order chi connectivity index (χ1) is 14.8. The topological polar surface area (TPSA) is 9.23 Å². The normalized spacial score (nSPS) is 26.9. The van der Waals surface area contributed by atoms with Gasteiger partial charge in [0.15, 0.2) is 0 Å². The first-order valence-corrected chi connectivity index (χ1v) is 12.6. The zero-order valence-electron chi connectivity index (χ0n) is 19.4. The van der Waals surface area contributed by atoms with Gasteiger partial charge in [0, 0.05) is 5.56 Å². The summed E-state index contributed by atoms with van der Waals surface area (Å²) < 4.78 is 5.19. The molecule has 0 saturated heterocycles. The molecule has 0 amide bonds. The standard InChI is InChI=1S/C29H42O/c1-3-4-7-24-10-14-27(15-11-24)18-19-28-16-12-25(13-17-28)8-5-6-9-26-20-22-29(30-2)23-21-26/h5,8,20-25,27-28H,3-4,7,10-19H2,1-2H3. The van der Waals surface area contributed by atoms with E-state index in [4.69, 9.17) is 4.74 Å². The number of rotatable bonds is 8. The Hall–Kier alpha value is -1.68. The quantitative estimate of drug-likeness (QED) is 0.395. The van der Waals surface area contributed by atoms with E-state index < -0.39 is 0 Å². The van der Waals surface area contributed by atoms with Gasteiger partial charge >= 0.3 is 0 Å².